The van der Waals surface area contributed by atoms with Gasteiger partial charge in [-0.05, 0) is 30.9 Å². The fraction of sp³-hybridized carbons (Fsp3) is 0.235. The Morgan fingerprint density at radius 2 is 2.12 bits per heavy atom. The van der Waals surface area contributed by atoms with Crippen molar-refractivity contribution in [3.05, 3.63) is 62.3 Å². The Kier molecular flexibility index (Phi) is 4.91. The summed E-state index contributed by atoms with van der Waals surface area (Å²) in [6.07, 6.45) is 2.93. The molecule has 2 heterocycles. The van der Waals surface area contributed by atoms with Crippen molar-refractivity contribution >= 4 is 27.5 Å². The van der Waals surface area contributed by atoms with Gasteiger partial charge in [0, 0.05) is 17.0 Å². The van der Waals surface area contributed by atoms with Crippen LogP contribution in [0.25, 0.3) is 10.2 Å². The highest BCUT2D eigenvalue weighted by atomic mass is 32.1. The maximum Gasteiger partial charge on any atom is 0.372 e. The number of carbonyl (C=O) groups is 1. The molecule has 6 nitrogen and oxygen atoms in total. The van der Waals surface area contributed by atoms with Gasteiger partial charge >= 0.3 is 5.97 Å². The van der Waals surface area contributed by atoms with Crippen molar-refractivity contribution in [1.29, 1.82) is 0 Å². The molecular weight excluding hydrogens is 345 g/mol. The first-order chi connectivity index (χ1) is 12.0. The number of aromatic carboxylic acids is 1. The first-order valence-corrected chi connectivity index (χ1v) is 8.54. The number of H-pyrrole nitrogens is 1. The summed E-state index contributed by atoms with van der Waals surface area (Å²) in [6, 6.07) is 6.50. The summed E-state index contributed by atoms with van der Waals surface area (Å²) in [5, 5.41) is 9.37. The lowest BCUT2D eigenvalue weighted by Gasteiger charge is -1.95. The highest BCUT2D eigenvalue weighted by Gasteiger charge is 2.22. The van der Waals surface area contributed by atoms with Crippen molar-refractivity contribution in [3.63, 3.8) is 0 Å². The lowest BCUT2D eigenvalue weighted by molar-refractivity contribution is 0.0683. The molecule has 0 saturated heterocycles. The molecule has 4 rings (SSSR count). The van der Waals surface area contributed by atoms with E-state index in [0.717, 1.165) is 24.8 Å². The minimum absolute atomic E-state index is 0.222. The van der Waals surface area contributed by atoms with E-state index in [4.69, 9.17) is 10.8 Å². The van der Waals surface area contributed by atoms with E-state index in [-0.39, 0.29) is 23.7 Å². The van der Waals surface area contributed by atoms with Crippen LogP contribution in [0.5, 0.6) is 0 Å². The zero-order valence-corrected chi connectivity index (χ0v) is 14.0. The number of carboxylic acid groups (broad SMARTS) is 1. The van der Waals surface area contributed by atoms with E-state index in [1.165, 1.54) is 22.3 Å². The van der Waals surface area contributed by atoms with Crippen molar-refractivity contribution in [2.75, 3.05) is 0 Å². The van der Waals surface area contributed by atoms with Crippen LogP contribution in [0.3, 0.4) is 0 Å². The molecule has 1 aliphatic rings. The van der Waals surface area contributed by atoms with Crippen LogP contribution in [0.15, 0.2) is 29.1 Å². The molecule has 0 spiro atoms. The summed E-state index contributed by atoms with van der Waals surface area (Å²) in [5.74, 6) is -1.70. The van der Waals surface area contributed by atoms with Gasteiger partial charge in [-0.15, -0.1) is 11.3 Å². The molecule has 1 aromatic carbocycles. The number of nitrogens with zero attached hydrogens (tertiary/aromatic N) is 1. The van der Waals surface area contributed by atoms with E-state index in [0.29, 0.717) is 15.8 Å². The predicted octanol–water partition coefficient (Wildman–Crippen LogP) is 2.46. The Morgan fingerprint density at radius 1 is 1.36 bits per heavy atom. The Labute approximate surface area is 146 Å². The molecule has 0 amide bonds. The largest absolute Gasteiger partial charge is 0.475 e. The van der Waals surface area contributed by atoms with Crippen molar-refractivity contribution in [2.45, 2.75) is 25.8 Å². The van der Waals surface area contributed by atoms with Crippen LogP contribution >= 0.6 is 11.3 Å². The number of hydrogen-bond donors (Lipinski definition) is 3. The molecule has 0 saturated carbocycles. The molecule has 0 aliphatic heterocycles. The number of aryl methyl sites for hydroxylation is 2. The van der Waals surface area contributed by atoms with Gasteiger partial charge in [0.1, 0.15) is 10.6 Å². The summed E-state index contributed by atoms with van der Waals surface area (Å²) in [6.45, 7) is 0.271. The van der Waals surface area contributed by atoms with Gasteiger partial charge in [0.2, 0.25) is 5.82 Å². The van der Waals surface area contributed by atoms with Gasteiger partial charge in [0.05, 0.1) is 5.39 Å². The van der Waals surface area contributed by atoms with Gasteiger partial charge < -0.3 is 15.8 Å². The number of rotatable bonds is 2. The number of thiophene rings is 1. The number of aromatic nitrogens is 2. The first kappa shape index (κ1) is 17.2. The molecule has 1 aliphatic carbocycles. The molecule has 0 atom stereocenters. The van der Waals surface area contributed by atoms with E-state index in [1.54, 1.807) is 18.2 Å². The van der Waals surface area contributed by atoms with Crippen molar-refractivity contribution in [1.82, 2.24) is 9.97 Å². The molecular formula is C17H16FN3O3S. The van der Waals surface area contributed by atoms with Crippen molar-refractivity contribution < 1.29 is 14.3 Å². The molecule has 8 heteroatoms. The lowest BCUT2D eigenvalue weighted by atomic mass is 10.2. The van der Waals surface area contributed by atoms with Crippen LogP contribution in [0.4, 0.5) is 4.39 Å². The number of hydrogen-bond acceptors (Lipinski definition) is 5. The Hall–Kier alpha value is -2.58. The second kappa shape index (κ2) is 7.12. The second-order valence-electron chi connectivity index (χ2n) is 5.55. The van der Waals surface area contributed by atoms with Gasteiger partial charge in [0.25, 0.3) is 5.56 Å². The van der Waals surface area contributed by atoms with Crippen molar-refractivity contribution in [3.8, 4) is 0 Å². The molecule has 0 unspecified atom stereocenters. The van der Waals surface area contributed by atoms with Gasteiger partial charge in [-0.2, -0.15) is 0 Å². The van der Waals surface area contributed by atoms with E-state index in [2.05, 4.69) is 9.97 Å². The summed E-state index contributed by atoms with van der Waals surface area (Å²) in [5.41, 5.74) is 6.51. The number of aromatic amines is 1. The number of carboxylic acids is 1. The zero-order chi connectivity index (χ0) is 18.0. The van der Waals surface area contributed by atoms with Gasteiger partial charge in [-0.1, -0.05) is 18.2 Å². The molecule has 2 aromatic heterocycles. The summed E-state index contributed by atoms with van der Waals surface area (Å²) in [4.78, 5) is 30.5. The Bertz CT molecular complexity index is 996. The third-order valence-electron chi connectivity index (χ3n) is 3.96. The molecule has 25 heavy (non-hydrogen) atoms. The third kappa shape index (κ3) is 3.45. The van der Waals surface area contributed by atoms with Crippen molar-refractivity contribution in [2.24, 2.45) is 5.73 Å². The first-order valence-electron chi connectivity index (χ1n) is 7.72. The molecule has 130 valence electrons. The summed E-state index contributed by atoms with van der Waals surface area (Å²) >= 11 is 1.44. The van der Waals surface area contributed by atoms with E-state index in [1.807, 2.05) is 0 Å². The standard InChI is InChI=1S/C10H8N2O3S.C7H8FN/c13-8-6-4-2-1-3-5(4)16-9(6)12-7(11-8)10(14)15;8-7-4-2-1-3-6(7)5-9/h1-3H2,(H,14,15)(H,11,12,13);1-4H,5,9H2. The lowest BCUT2D eigenvalue weighted by Crippen LogP contribution is -2.15. The molecule has 4 N–H and O–H groups in total. The van der Waals surface area contributed by atoms with Crippen LogP contribution in [0, 0.1) is 5.82 Å². The fourth-order valence-corrected chi connectivity index (χ4v) is 4.03. The quantitative estimate of drug-likeness (QED) is 0.650. The monoisotopic (exact) mass is 361 g/mol. The van der Waals surface area contributed by atoms with Gasteiger partial charge in [-0.25, -0.2) is 14.2 Å². The number of nitrogens with one attached hydrogen (secondary N) is 1. The molecule has 0 radical (unpaired) electrons. The van der Waals surface area contributed by atoms with Gasteiger partial charge in [0.15, 0.2) is 0 Å². The van der Waals surface area contributed by atoms with Crippen LogP contribution in [0.2, 0.25) is 0 Å². The highest BCUT2D eigenvalue weighted by Crippen LogP contribution is 2.34. The maximum absolute atomic E-state index is 12.5. The molecule has 0 bridgehead atoms. The van der Waals surface area contributed by atoms with Crippen LogP contribution < -0.4 is 11.3 Å². The third-order valence-corrected chi connectivity index (χ3v) is 5.14. The van der Waals surface area contributed by atoms with Crippen LogP contribution in [0.1, 0.15) is 33.0 Å². The average molecular weight is 361 g/mol. The van der Waals surface area contributed by atoms with E-state index in [9.17, 15) is 14.0 Å². The molecule has 0 fully saturated rings. The number of nitrogens with two attached hydrogens (primary N) is 1. The number of benzene rings is 1. The highest BCUT2D eigenvalue weighted by molar-refractivity contribution is 7.18. The SMILES string of the molecule is NCc1ccccc1F.O=C(O)c1nc2sc3c(c2c(=O)[nH]1)CCC3. The predicted molar refractivity (Wildman–Crippen MR) is 93.5 cm³/mol. The number of fused-ring (bicyclic) bond motifs is 3. The Balaban J connectivity index is 0.000000173. The van der Waals surface area contributed by atoms with Crippen LogP contribution in [-0.2, 0) is 19.4 Å². The topological polar surface area (TPSA) is 109 Å². The van der Waals surface area contributed by atoms with E-state index < -0.39 is 5.97 Å². The smallest absolute Gasteiger partial charge is 0.372 e. The zero-order valence-electron chi connectivity index (χ0n) is 13.2. The van der Waals surface area contributed by atoms with Gasteiger partial charge in [-0.3, -0.25) is 4.79 Å². The Morgan fingerprint density at radius 3 is 2.76 bits per heavy atom. The maximum atomic E-state index is 12.5. The summed E-state index contributed by atoms with van der Waals surface area (Å²) < 4.78 is 12.5. The fourth-order valence-electron chi connectivity index (χ4n) is 2.77. The summed E-state index contributed by atoms with van der Waals surface area (Å²) in [7, 11) is 0. The van der Waals surface area contributed by atoms with E-state index >= 15 is 0 Å². The average Bonchev–Trinajstić information content (AvgIpc) is 3.16. The minimum Gasteiger partial charge on any atom is -0.475 e. The minimum atomic E-state index is -1.20. The second-order valence-corrected chi connectivity index (χ2v) is 6.64. The van der Waals surface area contributed by atoms with Crippen LogP contribution in [-0.4, -0.2) is 21.0 Å². The normalized spacial score (nSPS) is 12.6. The molecule has 3 aromatic rings. The number of halogens is 1.